The van der Waals surface area contributed by atoms with Gasteiger partial charge in [-0.05, 0) is 29.8 Å². The van der Waals surface area contributed by atoms with Crippen molar-refractivity contribution in [2.45, 2.75) is 0 Å². The van der Waals surface area contributed by atoms with Crippen LogP contribution in [-0.2, 0) is 0 Å². The smallest absolute Gasteiger partial charge is 0.194 e. The number of fused-ring (bicyclic) bond motifs is 1. The summed E-state index contributed by atoms with van der Waals surface area (Å²) in [5, 5.41) is 0. The number of benzene rings is 3. The summed E-state index contributed by atoms with van der Waals surface area (Å²) in [6.45, 7) is 0. The highest BCUT2D eigenvalue weighted by molar-refractivity contribution is 6.35. The normalized spacial score (nSPS) is 15.1. The molecule has 1 heteroatoms. The van der Waals surface area contributed by atoms with Gasteiger partial charge in [0.2, 0.25) is 11.4 Å². The summed E-state index contributed by atoms with van der Waals surface area (Å²) >= 11 is 0. The minimum Gasteiger partial charge on any atom is -0.194 e. The molecule has 1 nitrogen and oxygen atoms in total. The van der Waals surface area contributed by atoms with E-state index in [0.29, 0.717) is 0 Å². The first kappa shape index (κ1) is 13.7. The predicted molar refractivity (Wildman–Crippen MR) is 97.2 cm³/mol. The molecule has 3 aromatic rings. The van der Waals surface area contributed by atoms with Crippen LogP contribution in [-0.4, -0.2) is 17.3 Å². The Balaban J connectivity index is 1.96. The molecule has 0 radical (unpaired) electrons. The Morgan fingerprint density at radius 3 is 2.04 bits per heavy atom. The predicted octanol–water partition coefficient (Wildman–Crippen LogP) is 5.00. The zero-order valence-corrected chi connectivity index (χ0v) is 13.1. The van der Waals surface area contributed by atoms with E-state index in [4.69, 9.17) is 0 Å². The molecule has 1 heterocycles. The number of hydrogen-bond acceptors (Lipinski definition) is 0. The molecule has 0 fully saturated rings. The second-order valence-electron chi connectivity index (χ2n) is 5.76. The molecule has 4 rings (SSSR count). The summed E-state index contributed by atoms with van der Waals surface area (Å²) < 4.78 is 2.29. The van der Waals surface area contributed by atoms with Crippen LogP contribution < -0.4 is 0 Å². The molecular formula is C22H18N+. The molecule has 0 spiro atoms. The van der Waals surface area contributed by atoms with Crippen LogP contribution in [0.2, 0.25) is 0 Å². The summed E-state index contributed by atoms with van der Waals surface area (Å²) in [6, 6.07) is 29.7. The number of nitrogens with zero attached hydrogens (tertiary/aromatic N) is 1. The molecule has 1 aliphatic rings. The van der Waals surface area contributed by atoms with Crippen molar-refractivity contribution in [3.05, 3.63) is 102 Å². The zero-order valence-electron chi connectivity index (χ0n) is 13.1. The van der Waals surface area contributed by atoms with E-state index < -0.39 is 0 Å². The Hall–Kier alpha value is -2.93. The van der Waals surface area contributed by atoms with Crippen LogP contribution in [0.1, 0.15) is 16.7 Å². The maximum atomic E-state index is 2.29. The molecule has 0 N–H and O–H groups in total. The first-order valence-corrected chi connectivity index (χ1v) is 7.87. The molecule has 3 aromatic carbocycles. The fraction of sp³-hybridized carbons (Fsp3) is 0.0455. The van der Waals surface area contributed by atoms with Gasteiger partial charge in [0, 0.05) is 11.6 Å². The molecule has 23 heavy (non-hydrogen) atoms. The molecule has 1 aliphatic heterocycles. The van der Waals surface area contributed by atoms with Gasteiger partial charge in [-0.2, -0.15) is 4.58 Å². The molecule has 0 saturated heterocycles. The average molecular weight is 296 g/mol. The Morgan fingerprint density at radius 2 is 1.30 bits per heavy atom. The lowest BCUT2D eigenvalue weighted by Crippen LogP contribution is -2.09. The van der Waals surface area contributed by atoms with Crippen molar-refractivity contribution < 1.29 is 4.58 Å². The van der Waals surface area contributed by atoms with Crippen molar-refractivity contribution in [3.63, 3.8) is 0 Å². The van der Waals surface area contributed by atoms with Crippen molar-refractivity contribution in [1.82, 2.24) is 0 Å². The van der Waals surface area contributed by atoms with Crippen LogP contribution in [0.25, 0.3) is 11.6 Å². The van der Waals surface area contributed by atoms with Gasteiger partial charge in [0.1, 0.15) is 7.05 Å². The summed E-state index contributed by atoms with van der Waals surface area (Å²) in [4.78, 5) is 0. The largest absolute Gasteiger partial charge is 0.220 e. The van der Waals surface area contributed by atoms with Gasteiger partial charge in [0.25, 0.3) is 0 Å². The number of allylic oxidation sites excluding steroid dienone is 1. The molecule has 0 atom stereocenters. The van der Waals surface area contributed by atoms with E-state index in [-0.39, 0.29) is 0 Å². The molecule has 110 valence electrons. The molecule has 0 aliphatic carbocycles. The van der Waals surface area contributed by atoms with Gasteiger partial charge in [-0.3, -0.25) is 0 Å². The van der Waals surface area contributed by atoms with Gasteiger partial charge in [0.15, 0.2) is 0 Å². The zero-order chi connectivity index (χ0) is 15.6. The first-order valence-electron chi connectivity index (χ1n) is 7.87. The third-order valence-electron chi connectivity index (χ3n) is 4.30. The minimum atomic E-state index is 1.22. The Morgan fingerprint density at radius 1 is 0.696 bits per heavy atom. The minimum absolute atomic E-state index is 1.22. The lowest BCUT2D eigenvalue weighted by Gasteiger charge is -2.02. The van der Waals surface area contributed by atoms with Crippen LogP contribution in [0.5, 0.6) is 0 Å². The maximum absolute atomic E-state index is 2.29. The second-order valence-corrected chi connectivity index (χ2v) is 5.76. The SMILES string of the molecule is C[N+]1=C(c2ccccc2)/C(=C/c2ccccc2)c2ccccc21. The van der Waals surface area contributed by atoms with E-state index in [2.05, 4.69) is 103 Å². The highest BCUT2D eigenvalue weighted by Gasteiger charge is 2.32. The highest BCUT2D eigenvalue weighted by Crippen LogP contribution is 2.36. The fourth-order valence-corrected chi connectivity index (χ4v) is 3.23. The molecular weight excluding hydrogens is 278 g/mol. The quantitative estimate of drug-likeness (QED) is 0.585. The van der Waals surface area contributed by atoms with Crippen LogP contribution in [0, 0.1) is 0 Å². The number of hydrogen-bond donors (Lipinski definition) is 0. The first-order chi connectivity index (χ1) is 11.3. The molecule has 0 saturated carbocycles. The molecule has 0 bridgehead atoms. The van der Waals surface area contributed by atoms with Crippen molar-refractivity contribution in [2.24, 2.45) is 0 Å². The van der Waals surface area contributed by atoms with Crippen LogP contribution in [0.15, 0.2) is 84.9 Å². The number of rotatable bonds is 2. The van der Waals surface area contributed by atoms with Crippen LogP contribution in [0.3, 0.4) is 0 Å². The second kappa shape index (κ2) is 5.69. The van der Waals surface area contributed by atoms with Gasteiger partial charge in [-0.15, -0.1) is 0 Å². The highest BCUT2D eigenvalue weighted by atomic mass is 15.0. The lowest BCUT2D eigenvalue weighted by atomic mass is 9.96. The van der Waals surface area contributed by atoms with E-state index >= 15 is 0 Å². The summed E-state index contributed by atoms with van der Waals surface area (Å²) in [5.74, 6) is 0. The third kappa shape index (κ3) is 2.40. The summed E-state index contributed by atoms with van der Waals surface area (Å²) in [6.07, 6.45) is 2.28. The lowest BCUT2D eigenvalue weighted by molar-refractivity contribution is -0.400. The van der Waals surface area contributed by atoms with E-state index in [1.807, 2.05) is 0 Å². The van der Waals surface area contributed by atoms with Crippen molar-refractivity contribution >= 4 is 23.0 Å². The molecule has 0 amide bonds. The van der Waals surface area contributed by atoms with E-state index in [9.17, 15) is 0 Å². The third-order valence-corrected chi connectivity index (χ3v) is 4.30. The van der Waals surface area contributed by atoms with E-state index in [1.165, 1.54) is 33.7 Å². The molecule has 0 aromatic heterocycles. The van der Waals surface area contributed by atoms with E-state index in [0.717, 1.165) is 0 Å². The van der Waals surface area contributed by atoms with Gasteiger partial charge >= 0.3 is 0 Å². The van der Waals surface area contributed by atoms with Gasteiger partial charge < -0.3 is 0 Å². The average Bonchev–Trinajstić information content (AvgIpc) is 2.89. The van der Waals surface area contributed by atoms with Crippen molar-refractivity contribution in [2.75, 3.05) is 7.05 Å². The van der Waals surface area contributed by atoms with E-state index in [1.54, 1.807) is 0 Å². The Kier molecular flexibility index (Phi) is 3.39. The standard InChI is InChI=1S/C22H18N/c1-23-21-15-9-8-14-19(21)20(16-17-10-4-2-5-11-17)22(23)18-12-6-3-7-13-18/h2-16H,1H3/q+1/b20-16+. The Bertz CT molecular complexity index is 903. The van der Waals surface area contributed by atoms with Crippen molar-refractivity contribution in [3.8, 4) is 0 Å². The fourth-order valence-electron chi connectivity index (χ4n) is 3.23. The van der Waals surface area contributed by atoms with Gasteiger partial charge in [-0.1, -0.05) is 60.7 Å². The summed E-state index contributed by atoms with van der Waals surface area (Å²) in [5.41, 5.74) is 7.55. The Labute approximate surface area is 136 Å². The topological polar surface area (TPSA) is 3.01 Å². The monoisotopic (exact) mass is 296 g/mol. The van der Waals surface area contributed by atoms with Crippen molar-refractivity contribution in [1.29, 1.82) is 0 Å². The van der Waals surface area contributed by atoms with Gasteiger partial charge in [-0.25, -0.2) is 0 Å². The molecule has 0 unspecified atom stereocenters. The van der Waals surface area contributed by atoms with Crippen LogP contribution >= 0.6 is 0 Å². The summed E-state index contributed by atoms with van der Waals surface area (Å²) in [7, 11) is 2.15. The van der Waals surface area contributed by atoms with Gasteiger partial charge in [0.05, 0.1) is 11.1 Å². The van der Waals surface area contributed by atoms with Crippen LogP contribution in [0.4, 0.5) is 5.69 Å². The number of para-hydroxylation sites is 1. The maximum Gasteiger partial charge on any atom is 0.220 e.